The number of aromatic nitrogens is 1. The van der Waals surface area contributed by atoms with Crippen molar-refractivity contribution >= 4 is 27.5 Å². The van der Waals surface area contributed by atoms with Gasteiger partial charge < -0.3 is 5.73 Å². The third-order valence-electron chi connectivity index (χ3n) is 3.27. The molecule has 1 aromatic carbocycles. The van der Waals surface area contributed by atoms with Gasteiger partial charge in [-0.15, -0.1) is 0 Å². The van der Waals surface area contributed by atoms with Crippen LogP contribution in [0.5, 0.6) is 0 Å². The Hall–Kier alpha value is -0.940. The molecule has 0 spiro atoms. The molecule has 2 rings (SSSR count). The number of nitrogens with zero attached hydrogens (tertiary/aromatic N) is 2. The Kier molecular flexibility index (Phi) is 5.54. The summed E-state index contributed by atoms with van der Waals surface area (Å²) in [5.41, 5.74) is 8.31. The highest BCUT2D eigenvalue weighted by Crippen LogP contribution is 2.28. The van der Waals surface area contributed by atoms with Crippen molar-refractivity contribution in [2.24, 2.45) is 5.73 Å². The van der Waals surface area contributed by atoms with E-state index in [1.165, 1.54) is 5.56 Å². The third-order valence-corrected chi connectivity index (χ3v) is 4.48. The molecule has 2 aromatic rings. The van der Waals surface area contributed by atoms with Gasteiger partial charge in [0, 0.05) is 36.0 Å². The number of benzene rings is 1. The van der Waals surface area contributed by atoms with Gasteiger partial charge >= 0.3 is 0 Å². The van der Waals surface area contributed by atoms with Crippen molar-refractivity contribution in [3.63, 3.8) is 0 Å². The minimum atomic E-state index is 0.150. The van der Waals surface area contributed by atoms with Gasteiger partial charge in [0.05, 0.1) is 5.02 Å². The smallest absolute Gasteiger partial charge is 0.0548 e. The fourth-order valence-electron chi connectivity index (χ4n) is 2.18. The lowest BCUT2D eigenvalue weighted by molar-refractivity contribution is 0.241. The van der Waals surface area contributed by atoms with Crippen molar-refractivity contribution in [3.8, 4) is 0 Å². The number of hydrogen-bond acceptors (Lipinski definition) is 3. The molecule has 0 saturated heterocycles. The topological polar surface area (TPSA) is 42.2 Å². The van der Waals surface area contributed by atoms with E-state index in [4.69, 9.17) is 17.3 Å². The molecule has 0 aliphatic heterocycles. The zero-order chi connectivity index (χ0) is 14.5. The van der Waals surface area contributed by atoms with Gasteiger partial charge in [-0.3, -0.25) is 9.88 Å². The fraction of sp³-hybridized carbons (Fsp3) is 0.267. The van der Waals surface area contributed by atoms with Crippen LogP contribution in [0.15, 0.2) is 47.2 Å². The quantitative estimate of drug-likeness (QED) is 0.891. The molecule has 2 N–H and O–H groups in total. The summed E-state index contributed by atoms with van der Waals surface area (Å²) in [6, 6.07) is 10.1. The first-order valence-electron chi connectivity index (χ1n) is 6.36. The van der Waals surface area contributed by atoms with Gasteiger partial charge in [-0.05, 0) is 58.4 Å². The first kappa shape index (κ1) is 15.4. The van der Waals surface area contributed by atoms with Gasteiger partial charge in [-0.25, -0.2) is 0 Å². The Labute approximate surface area is 132 Å². The summed E-state index contributed by atoms with van der Waals surface area (Å²) in [6.07, 6.45) is 3.61. The summed E-state index contributed by atoms with van der Waals surface area (Å²) in [5.74, 6) is 0. The van der Waals surface area contributed by atoms with Crippen LogP contribution in [0.3, 0.4) is 0 Å². The number of pyridine rings is 1. The van der Waals surface area contributed by atoms with Crippen molar-refractivity contribution in [2.75, 3.05) is 13.6 Å². The van der Waals surface area contributed by atoms with Crippen LogP contribution in [0.4, 0.5) is 0 Å². The Morgan fingerprint density at radius 3 is 2.60 bits per heavy atom. The van der Waals surface area contributed by atoms with Gasteiger partial charge in [0.15, 0.2) is 0 Å². The monoisotopic (exact) mass is 353 g/mol. The first-order valence-corrected chi connectivity index (χ1v) is 7.53. The highest BCUT2D eigenvalue weighted by atomic mass is 79.9. The van der Waals surface area contributed by atoms with Gasteiger partial charge in [-0.2, -0.15) is 0 Å². The Morgan fingerprint density at radius 2 is 2.00 bits per heavy atom. The van der Waals surface area contributed by atoms with Crippen molar-refractivity contribution in [2.45, 2.75) is 12.6 Å². The Morgan fingerprint density at radius 1 is 1.30 bits per heavy atom. The predicted octanol–water partition coefficient (Wildman–Crippen LogP) is 3.63. The average Bonchev–Trinajstić information content (AvgIpc) is 2.44. The molecule has 1 unspecified atom stereocenters. The highest BCUT2D eigenvalue weighted by Gasteiger charge is 2.16. The van der Waals surface area contributed by atoms with E-state index in [2.05, 4.69) is 32.9 Å². The molecular weight excluding hydrogens is 338 g/mol. The molecule has 0 fully saturated rings. The Balaban J connectivity index is 2.16. The molecule has 0 saturated carbocycles. The fourth-order valence-corrected chi connectivity index (χ4v) is 2.69. The van der Waals surface area contributed by atoms with Crippen molar-refractivity contribution in [1.82, 2.24) is 9.88 Å². The second-order valence-electron chi connectivity index (χ2n) is 4.70. The van der Waals surface area contributed by atoms with Gasteiger partial charge in [0.25, 0.3) is 0 Å². The molecule has 5 heteroatoms. The zero-order valence-electron chi connectivity index (χ0n) is 11.3. The molecule has 0 bridgehead atoms. The number of hydrogen-bond donors (Lipinski definition) is 1. The van der Waals surface area contributed by atoms with E-state index in [0.29, 0.717) is 11.6 Å². The van der Waals surface area contributed by atoms with E-state index in [1.807, 2.05) is 30.3 Å². The van der Waals surface area contributed by atoms with Crippen LogP contribution in [0, 0.1) is 0 Å². The highest BCUT2D eigenvalue weighted by molar-refractivity contribution is 9.10. The summed E-state index contributed by atoms with van der Waals surface area (Å²) in [5, 5.41) is 0.710. The maximum atomic E-state index is 6.04. The van der Waals surface area contributed by atoms with Crippen molar-refractivity contribution in [1.29, 1.82) is 0 Å². The summed E-state index contributed by atoms with van der Waals surface area (Å²) in [6.45, 7) is 1.38. The minimum absolute atomic E-state index is 0.150. The van der Waals surface area contributed by atoms with Crippen LogP contribution in [0.2, 0.25) is 5.02 Å². The summed E-state index contributed by atoms with van der Waals surface area (Å²) in [7, 11) is 2.07. The van der Waals surface area contributed by atoms with E-state index in [-0.39, 0.29) is 6.04 Å². The largest absolute Gasteiger partial charge is 0.329 e. The molecule has 3 nitrogen and oxygen atoms in total. The molecule has 1 aromatic heterocycles. The van der Waals surface area contributed by atoms with Gasteiger partial charge in [0.2, 0.25) is 0 Å². The van der Waals surface area contributed by atoms with E-state index < -0.39 is 0 Å². The van der Waals surface area contributed by atoms with E-state index in [9.17, 15) is 0 Å². The molecule has 0 radical (unpaired) electrons. The maximum Gasteiger partial charge on any atom is 0.0548 e. The number of likely N-dealkylation sites (N-methyl/N-ethyl adjacent to an activating group) is 1. The molecule has 20 heavy (non-hydrogen) atoms. The summed E-state index contributed by atoms with van der Waals surface area (Å²) >= 11 is 9.50. The van der Waals surface area contributed by atoms with Crippen LogP contribution in [0.25, 0.3) is 0 Å². The number of rotatable bonds is 5. The number of nitrogens with two attached hydrogens (primary N) is 1. The molecule has 0 amide bonds. The lowest BCUT2D eigenvalue weighted by Gasteiger charge is -2.27. The average molecular weight is 355 g/mol. The zero-order valence-corrected chi connectivity index (χ0v) is 13.6. The SMILES string of the molecule is CN(Cc1ccncc1)C(CN)c1ccc(Cl)c(Br)c1. The lowest BCUT2D eigenvalue weighted by atomic mass is 10.1. The Bertz CT molecular complexity index is 562. The number of halogens is 2. The van der Waals surface area contributed by atoms with Gasteiger partial charge in [-0.1, -0.05) is 17.7 Å². The van der Waals surface area contributed by atoms with Crippen molar-refractivity contribution in [3.05, 3.63) is 63.3 Å². The van der Waals surface area contributed by atoms with Crippen LogP contribution >= 0.6 is 27.5 Å². The lowest BCUT2D eigenvalue weighted by Crippen LogP contribution is -2.30. The summed E-state index contributed by atoms with van der Waals surface area (Å²) in [4.78, 5) is 6.26. The third kappa shape index (κ3) is 3.79. The van der Waals surface area contributed by atoms with Gasteiger partial charge in [0.1, 0.15) is 0 Å². The summed E-state index contributed by atoms with van der Waals surface area (Å²) < 4.78 is 0.896. The van der Waals surface area contributed by atoms with Crippen molar-refractivity contribution < 1.29 is 0 Å². The molecule has 106 valence electrons. The second-order valence-corrected chi connectivity index (χ2v) is 5.96. The first-order chi connectivity index (χ1) is 9.61. The van der Waals surface area contributed by atoms with Crippen LogP contribution in [-0.4, -0.2) is 23.5 Å². The van der Waals surface area contributed by atoms with Crippen LogP contribution in [0.1, 0.15) is 17.2 Å². The second kappa shape index (κ2) is 7.18. The van der Waals surface area contributed by atoms with Crippen LogP contribution < -0.4 is 5.73 Å². The standard InChI is InChI=1S/C15H17BrClN3/c1-20(10-11-4-6-19-7-5-11)15(9-18)12-2-3-14(17)13(16)8-12/h2-8,15H,9-10,18H2,1H3. The molecule has 0 aliphatic carbocycles. The van der Waals surface area contributed by atoms with E-state index in [1.54, 1.807) is 12.4 Å². The maximum absolute atomic E-state index is 6.04. The normalized spacial score (nSPS) is 12.7. The van der Waals surface area contributed by atoms with E-state index >= 15 is 0 Å². The van der Waals surface area contributed by atoms with Crippen LogP contribution in [-0.2, 0) is 6.54 Å². The predicted molar refractivity (Wildman–Crippen MR) is 86.7 cm³/mol. The van der Waals surface area contributed by atoms with E-state index in [0.717, 1.165) is 16.6 Å². The molecule has 0 aliphatic rings. The molecule has 1 atom stereocenters. The molecular formula is C15H17BrClN3. The minimum Gasteiger partial charge on any atom is -0.329 e. The molecule has 1 heterocycles.